The maximum absolute atomic E-state index is 12.6. The fourth-order valence-corrected chi connectivity index (χ4v) is 1.95. The number of aryl methyl sites for hydroxylation is 1. The minimum atomic E-state index is -4.49. The third-order valence-corrected chi connectivity index (χ3v) is 3.32. The van der Waals surface area contributed by atoms with Gasteiger partial charge in [-0.3, -0.25) is 0 Å². The van der Waals surface area contributed by atoms with Gasteiger partial charge < -0.3 is 20.2 Å². The molecular formula is C15H16F3N3O3. The lowest BCUT2D eigenvalue weighted by molar-refractivity contribution is -0.137. The zero-order chi connectivity index (χ0) is 17.7. The predicted molar refractivity (Wildman–Crippen MR) is 77.9 cm³/mol. The van der Waals surface area contributed by atoms with Gasteiger partial charge in [-0.25, -0.2) is 9.78 Å². The summed E-state index contributed by atoms with van der Waals surface area (Å²) in [7, 11) is 0. The first-order valence-electron chi connectivity index (χ1n) is 7.03. The summed E-state index contributed by atoms with van der Waals surface area (Å²) in [6.45, 7) is 1.60. The van der Waals surface area contributed by atoms with Gasteiger partial charge in [0.2, 0.25) is 0 Å². The Balaban J connectivity index is 1.85. The van der Waals surface area contributed by atoms with Crippen molar-refractivity contribution in [1.82, 2.24) is 15.6 Å². The molecule has 0 saturated carbocycles. The van der Waals surface area contributed by atoms with Gasteiger partial charge in [0, 0.05) is 6.54 Å². The minimum Gasteiger partial charge on any atom is -0.448 e. The molecule has 0 saturated heterocycles. The second-order valence-corrected chi connectivity index (χ2v) is 5.06. The van der Waals surface area contributed by atoms with Gasteiger partial charge in [0.25, 0.3) is 0 Å². The Morgan fingerprint density at radius 3 is 2.75 bits per heavy atom. The van der Waals surface area contributed by atoms with Gasteiger partial charge in [0.05, 0.1) is 18.2 Å². The van der Waals surface area contributed by atoms with Crippen LogP contribution < -0.4 is 10.6 Å². The number of nitrogens with zero attached hydrogens (tertiary/aromatic N) is 1. The van der Waals surface area contributed by atoms with Crippen molar-refractivity contribution in [3.8, 4) is 0 Å². The van der Waals surface area contributed by atoms with Gasteiger partial charge in [-0.05, 0) is 24.6 Å². The summed E-state index contributed by atoms with van der Waals surface area (Å²) in [6.07, 6.45) is -4.50. The number of hydrogen-bond acceptors (Lipinski definition) is 4. The maximum atomic E-state index is 12.6. The number of benzene rings is 1. The molecule has 0 aliphatic heterocycles. The zero-order valence-corrected chi connectivity index (χ0v) is 12.7. The summed E-state index contributed by atoms with van der Waals surface area (Å²) >= 11 is 0. The van der Waals surface area contributed by atoms with Gasteiger partial charge >= 0.3 is 12.2 Å². The molecule has 0 fully saturated rings. The second-order valence-electron chi connectivity index (χ2n) is 5.06. The number of nitrogens with one attached hydrogen (secondary N) is 2. The predicted octanol–water partition coefficient (Wildman–Crippen LogP) is 2.53. The Kier molecular flexibility index (Phi) is 5.45. The highest BCUT2D eigenvalue weighted by atomic mass is 19.4. The van der Waals surface area contributed by atoms with Gasteiger partial charge in [-0.2, -0.15) is 13.2 Å². The fraction of sp³-hybridized carbons (Fsp3) is 0.333. The Morgan fingerprint density at radius 1 is 1.38 bits per heavy atom. The average molecular weight is 343 g/mol. The number of rotatable bonds is 5. The standard InChI is InChI=1S/C15H16F3N3O3/c1-9-12(21-8-24-9)6-19-14(23)20-7-13(22)10-3-2-4-11(5-10)15(16,17)18/h2-5,8,13,22H,6-7H2,1H3,(H2,19,20,23). The van der Waals surface area contributed by atoms with E-state index in [0.717, 1.165) is 12.1 Å². The minimum absolute atomic E-state index is 0.0671. The lowest BCUT2D eigenvalue weighted by atomic mass is 10.1. The smallest absolute Gasteiger partial charge is 0.416 e. The molecule has 0 spiro atoms. The number of oxazole rings is 1. The summed E-state index contributed by atoms with van der Waals surface area (Å²) in [5.74, 6) is 0.569. The molecule has 2 amide bonds. The number of amides is 2. The van der Waals surface area contributed by atoms with Crippen LogP contribution in [0.15, 0.2) is 35.1 Å². The van der Waals surface area contributed by atoms with Crippen LogP contribution >= 0.6 is 0 Å². The Hall–Kier alpha value is -2.55. The van der Waals surface area contributed by atoms with Crippen LogP contribution in [0.25, 0.3) is 0 Å². The Bertz CT molecular complexity index is 701. The van der Waals surface area contributed by atoms with Crippen molar-refractivity contribution in [3.05, 3.63) is 53.2 Å². The summed E-state index contributed by atoms with van der Waals surface area (Å²) < 4.78 is 42.9. The van der Waals surface area contributed by atoms with Crippen LogP contribution in [0.5, 0.6) is 0 Å². The Morgan fingerprint density at radius 2 is 2.12 bits per heavy atom. The summed E-state index contributed by atoms with van der Waals surface area (Å²) in [6, 6.07) is 3.75. The molecule has 2 aromatic rings. The molecule has 0 aliphatic rings. The van der Waals surface area contributed by atoms with Crippen LogP contribution in [0.1, 0.15) is 28.7 Å². The van der Waals surface area contributed by atoms with Crippen molar-refractivity contribution >= 4 is 6.03 Å². The largest absolute Gasteiger partial charge is 0.448 e. The lowest BCUT2D eigenvalue weighted by Gasteiger charge is -2.14. The van der Waals surface area contributed by atoms with E-state index in [1.54, 1.807) is 6.92 Å². The molecule has 0 radical (unpaired) electrons. The molecule has 9 heteroatoms. The lowest BCUT2D eigenvalue weighted by Crippen LogP contribution is -2.37. The second kappa shape index (κ2) is 7.35. The van der Waals surface area contributed by atoms with E-state index < -0.39 is 23.9 Å². The van der Waals surface area contributed by atoms with Crippen LogP contribution in [0.4, 0.5) is 18.0 Å². The van der Waals surface area contributed by atoms with Crippen LogP contribution in [-0.2, 0) is 12.7 Å². The molecule has 0 aliphatic carbocycles. The number of aliphatic hydroxyl groups excluding tert-OH is 1. The van der Waals surface area contributed by atoms with Crippen LogP contribution in [0.3, 0.4) is 0 Å². The molecule has 24 heavy (non-hydrogen) atoms. The number of halogens is 3. The molecule has 1 aromatic heterocycles. The van der Waals surface area contributed by atoms with Crippen LogP contribution in [0, 0.1) is 6.92 Å². The zero-order valence-electron chi connectivity index (χ0n) is 12.7. The first kappa shape index (κ1) is 17.8. The van der Waals surface area contributed by atoms with E-state index in [2.05, 4.69) is 15.6 Å². The molecule has 0 bridgehead atoms. The van der Waals surface area contributed by atoms with Crippen molar-refractivity contribution in [2.24, 2.45) is 0 Å². The highest BCUT2D eigenvalue weighted by Gasteiger charge is 2.30. The molecule has 1 atom stereocenters. The maximum Gasteiger partial charge on any atom is 0.416 e. The number of urea groups is 1. The third-order valence-electron chi connectivity index (χ3n) is 3.32. The van der Waals surface area contributed by atoms with E-state index in [-0.39, 0.29) is 18.7 Å². The Labute approximate surface area is 135 Å². The average Bonchev–Trinajstić information content (AvgIpc) is 2.95. The van der Waals surface area contributed by atoms with Gasteiger partial charge in [0.15, 0.2) is 6.39 Å². The molecule has 1 aromatic carbocycles. The molecule has 1 heterocycles. The van der Waals surface area contributed by atoms with Crippen molar-refractivity contribution in [2.75, 3.05) is 6.54 Å². The van der Waals surface area contributed by atoms with Crippen molar-refractivity contribution in [3.63, 3.8) is 0 Å². The van der Waals surface area contributed by atoms with Crippen LogP contribution in [-0.4, -0.2) is 22.7 Å². The number of hydrogen-bond donors (Lipinski definition) is 3. The van der Waals surface area contributed by atoms with E-state index in [1.165, 1.54) is 18.5 Å². The number of aliphatic hydroxyl groups is 1. The monoisotopic (exact) mass is 343 g/mol. The number of alkyl halides is 3. The first-order valence-corrected chi connectivity index (χ1v) is 7.03. The number of aromatic nitrogens is 1. The van der Waals surface area contributed by atoms with E-state index in [4.69, 9.17) is 4.42 Å². The quantitative estimate of drug-likeness (QED) is 0.779. The SMILES string of the molecule is Cc1ocnc1CNC(=O)NCC(O)c1cccc(C(F)(F)F)c1. The van der Waals surface area contributed by atoms with Crippen molar-refractivity contribution in [2.45, 2.75) is 25.7 Å². The summed E-state index contributed by atoms with van der Waals surface area (Å²) in [5.41, 5.74) is -0.231. The number of carbonyl (C=O) groups excluding carboxylic acids is 1. The topological polar surface area (TPSA) is 87.4 Å². The molecule has 130 valence electrons. The molecule has 1 unspecified atom stereocenters. The molecule has 6 nitrogen and oxygen atoms in total. The normalized spacial score (nSPS) is 12.7. The van der Waals surface area contributed by atoms with Crippen LogP contribution in [0.2, 0.25) is 0 Å². The first-order chi connectivity index (χ1) is 11.3. The molecule has 2 rings (SSSR count). The molecule has 3 N–H and O–H groups in total. The van der Waals surface area contributed by atoms with Crippen molar-refractivity contribution < 1.29 is 27.5 Å². The number of carbonyl (C=O) groups is 1. The van der Waals surface area contributed by atoms with E-state index >= 15 is 0 Å². The van der Waals surface area contributed by atoms with Gasteiger partial charge in [-0.15, -0.1) is 0 Å². The van der Waals surface area contributed by atoms with E-state index in [9.17, 15) is 23.1 Å². The van der Waals surface area contributed by atoms with Crippen molar-refractivity contribution in [1.29, 1.82) is 0 Å². The third kappa shape index (κ3) is 4.72. The molecular weight excluding hydrogens is 327 g/mol. The summed E-state index contributed by atoms with van der Waals surface area (Å²) in [5, 5.41) is 14.8. The highest BCUT2D eigenvalue weighted by Crippen LogP contribution is 2.30. The summed E-state index contributed by atoms with van der Waals surface area (Å²) in [4.78, 5) is 15.5. The van der Waals surface area contributed by atoms with Gasteiger partial charge in [0.1, 0.15) is 11.5 Å². The van der Waals surface area contributed by atoms with Gasteiger partial charge in [-0.1, -0.05) is 12.1 Å². The van der Waals surface area contributed by atoms with E-state index in [1.807, 2.05) is 0 Å². The highest BCUT2D eigenvalue weighted by molar-refractivity contribution is 5.73. The van der Waals surface area contributed by atoms with E-state index in [0.29, 0.717) is 11.5 Å². The fourth-order valence-electron chi connectivity index (χ4n) is 1.95.